The Balaban J connectivity index is 1.92. The molecule has 0 aromatic carbocycles. The number of fused-ring (bicyclic) bond motifs is 1. The third-order valence-electron chi connectivity index (χ3n) is 3.79. The molecule has 5 heteroatoms. The molecule has 2 aromatic heterocycles. The molecule has 0 aliphatic carbocycles. The number of pyridine rings is 1. The van der Waals surface area contributed by atoms with Crippen LogP contribution in [0, 0.1) is 0 Å². The number of aryl methyl sites for hydroxylation is 1. The molecule has 102 valence electrons. The third-order valence-corrected chi connectivity index (χ3v) is 3.79. The molecule has 1 aliphatic rings. The highest BCUT2D eigenvalue weighted by Gasteiger charge is 2.32. The lowest BCUT2D eigenvalue weighted by molar-refractivity contribution is 0.187. The summed E-state index contributed by atoms with van der Waals surface area (Å²) < 4.78 is 7.78. The van der Waals surface area contributed by atoms with Crippen LogP contribution in [0.1, 0.15) is 25.1 Å². The van der Waals surface area contributed by atoms with E-state index in [1.54, 1.807) is 6.20 Å². The van der Waals surface area contributed by atoms with Crippen LogP contribution in [0.3, 0.4) is 0 Å². The summed E-state index contributed by atoms with van der Waals surface area (Å²) >= 11 is 0. The van der Waals surface area contributed by atoms with Gasteiger partial charge in [-0.1, -0.05) is 6.92 Å². The second-order valence-corrected chi connectivity index (χ2v) is 5.10. The Hall–Kier alpha value is -1.46. The quantitative estimate of drug-likeness (QED) is 0.904. The number of ether oxygens (including phenoxy) is 1. The lowest BCUT2D eigenvalue weighted by Crippen LogP contribution is -2.35. The van der Waals surface area contributed by atoms with Gasteiger partial charge in [0, 0.05) is 19.3 Å². The molecule has 0 amide bonds. The highest BCUT2D eigenvalue weighted by molar-refractivity contribution is 5.74. The highest BCUT2D eigenvalue weighted by atomic mass is 16.5. The molecule has 2 atom stereocenters. The van der Waals surface area contributed by atoms with Crippen molar-refractivity contribution >= 4 is 11.0 Å². The van der Waals surface area contributed by atoms with Gasteiger partial charge < -0.3 is 14.6 Å². The van der Waals surface area contributed by atoms with Crippen LogP contribution < -0.4 is 5.32 Å². The number of hydrogen-bond acceptors (Lipinski definition) is 4. The second kappa shape index (κ2) is 5.27. The smallest absolute Gasteiger partial charge is 0.116 e. The van der Waals surface area contributed by atoms with E-state index in [1.807, 2.05) is 12.3 Å². The fourth-order valence-corrected chi connectivity index (χ4v) is 2.72. The SMILES string of the molecule is CCCNC1COCC1c1nc2ccncc2n1C. The van der Waals surface area contributed by atoms with Crippen LogP contribution in [0.15, 0.2) is 18.5 Å². The van der Waals surface area contributed by atoms with Gasteiger partial charge in [-0.3, -0.25) is 4.98 Å². The molecule has 0 radical (unpaired) electrons. The van der Waals surface area contributed by atoms with E-state index in [4.69, 9.17) is 9.72 Å². The molecular formula is C14H20N4O. The summed E-state index contributed by atoms with van der Waals surface area (Å²) in [6.07, 6.45) is 4.79. The van der Waals surface area contributed by atoms with Gasteiger partial charge in [-0.05, 0) is 19.0 Å². The zero-order chi connectivity index (χ0) is 13.2. The van der Waals surface area contributed by atoms with Crippen LogP contribution >= 0.6 is 0 Å². The van der Waals surface area contributed by atoms with E-state index in [9.17, 15) is 0 Å². The van der Waals surface area contributed by atoms with E-state index in [2.05, 4.69) is 28.8 Å². The maximum Gasteiger partial charge on any atom is 0.116 e. The number of imidazole rings is 1. The summed E-state index contributed by atoms with van der Waals surface area (Å²) in [5.41, 5.74) is 2.09. The van der Waals surface area contributed by atoms with Gasteiger partial charge in [0.25, 0.3) is 0 Å². The minimum atomic E-state index is 0.323. The van der Waals surface area contributed by atoms with Gasteiger partial charge in [-0.25, -0.2) is 4.98 Å². The average Bonchev–Trinajstić information content (AvgIpc) is 3.01. The standard InChI is InChI=1S/C14H20N4O/c1-3-5-16-12-9-19-8-10(12)14-17-11-4-6-15-7-13(11)18(14)2/h4,6-7,10,12,16H,3,5,8-9H2,1-2H3. The summed E-state index contributed by atoms with van der Waals surface area (Å²) in [6, 6.07) is 2.33. The molecule has 2 unspecified atom stereocenters. The monoisotopic (exact) mass is 260 g/mol. The number of hydrogen-bond donors (Lipinski definition) is 1. The van der Waals surface area contributed by atoms with Gasteiger partial charge in [0.2, 0.25) is 0 Å². The molecule has 0 spiro atoms. The van der Waals surface area contributed by atoms with E-state index in [0.29, 0.717) is 12.0 Å². The lowest BCUT2D eigenvalue weighted by atomic mass is 10.0. The predicted molar refractivity (Wildman–Crippen MR) is 74.2 cm³/mol. The van der Waals surface area contributed by atoms with Crippen molar-refractivity contribution in [3.05, 3.63) is 24.3 Å². The van der Waals surface area contributed by atoms with Gasteiger partial charge in [0.1, 0.15) is 5.82 Å². The molecule has 19 heavy (non-hydrogen) atoms. The van der Waals surface area contributed by atoms with Gasteiger partial charge in [0.05, 0.1) is 36.4 Å². The Morgan fingerprint density at radius 1 is 1.47 bits per heavy atom. The zero-order valence-electron chi connectivity index (χ0n) is 11.5. The molecule has 0 bridgehead atoms. The average molecular weight is 260 g/mol. The minimum absolute atomic E-state index is 0.323. The van der Waals surface area contributed by atoms with E-state index >= 15 is 0 Å². The predicted octanol–water partition coefficient (Wildman–Crippen LogP) is 1.45. The number of aromatic nitrogens is 3. The summed E-state index contributed by atoms with van der Waals surface area (Å²) in [5.74, 6) is 1.41. The first-order valence-corrected chi connectivity index (χ1v) is 6.88. The molecule has 3 heterocycles. The Morgan fingerprint density at radius 2 is 2.37 bits per heavy atom. The molecule has 1 N–H and O–H groups in total. The minimum Gasteiger partial charge on any atom is -0.379 e. The Kier molecular flexibility index (Phi) is 3.48. The van der Waals surface area contributed by atoms with Crippen LogP contribution in [0.5, 0.6) is 0 Å². The molecule has 2 aromatic rings. The molecule has 3 rings (SSSR count). The van der Waals surface area contributed by atoms with Crippen LogP contribution in [0.2, 0.25) is 0 Å². The van der Waals surface area contributed by atoms with Gasteiger partial charge in [0.15, 0.2) is 0 Å². The Bertz CT molecular complexity index is 566. The number of nitrogens with one attached hydrogen (secondary N) is 1. The normalized spacial score (nSPS) is 23.3. The summed E-state index contributed by atoms with van der Waals surface area (Å²) in [6.45, 7) is 4.71. The Labute approximate surface area is 113 Å². The van der Waals surface area contributed by atoms with Crippen molar-refractivity contribution < 1.29 is 4.74 Å². The molecule has 1 fully saturated rings. The largest absolute Gasteiger partial charge is 0.379 e. The van der Waals surface area contributed by atoms with Crippen LogP contribution in [-0.4, -0.2) is 40.3 Å². The van der Waals surface area contributed by atoms with Gasteiger partial charge in [-0.15, -0.1) is 0 Å². The van der Waals surface area contributed by atoms with E-state index in [0.717, 1.165) is 43.0 Å². The van der Waals surface area contributed by atoms with Crippen molar-refractivity contribution in [3.8, 4) is 0 Å². The fraction of sp³-hybridized carbons (Fsp3) is 0.571. The van der Waals surface area contributed by atoms with Crippen LogP contribution in [0.25, 0.3) is 11.0 Å². The highest BCUT2D eigenvalue weighted by Crippen LogP contribution is 2.27. The molecule has 5 nitrogen and oxygen atoms in total. The van der Waals surface area contributed by atoms with Crippen molar-refractivity contribution in [3.63, 3.8) is 0 Å². The van der Waals surface area contributed by atoms with Gasteiger partial charge >= 0.3 is 0 Å². The van der Waals surface area contributed by atoms with E-state index in [1.165, 1.54) is 0 Å². The lowest BCUT2D eigenvalue weighted by Gasteiger charge is -2.18. The van der Waals surface area contributed by atoms with Crippen molar-refractivity contribution in [1.82, 2.24) is 19.9 Å². The fourth-order valence-electron chi connectivity index (χ4n) is 2.72. The molecule has 1 saturated heterocycles. The molecule has 1 aliphatic heterocycles. The third kappa shape index (κ3) is 2.24. The van der Waals surface area contributed by atoms with Crippen LogP contribution in [-0.2, 0) is 11.8 Å². The first-order valence-electron chi connectivity index (χ1n) is 6.88. The van der Waals surface area contributed by atoms with Crippen molar-refractivity contribution in [1.29, 1.82) is 0 Å². The van der Waals surface area contributed by atoms with E-state index in [-0.39, 0.29) is 0 Å². The maximum atomic E-state index is 5.64. The van der Waals surface area contributed by atoms with E-state index < -0.39 is 0 Å². The molecular weight excluding hydrogens is 240 g/mol. The molecule has 0 saturated carbocycles. The van der Waals surface area contributed by atoms with Gasteiger partial charge in [-0.2, -0.15) is 0 Å². The number of nitrogens with zero attached hydrogens (tertiary/aromatic N) is 3. The summed E-state index contributed by atoms with van der Waals surface area (Å²) in [5, 5.41) is 3.56. The Morgan fingerprint density at radius 3 is 3.16 bits per heavy atom. The second-order valence-electron chi connectivity index (χ2n) is 5.10. The summed E-state index contributed by atoms with van der Waals surface area (Å²) in [7, 11) is 2.06. The zero-order valence-corrected chi connectivity index (χ0v) is 11.5. The van der Waals surface area contributed by atoms with Crippen molar-refractivity contribution in [2.24, 2.45) is 7.05 Å². The summed E-state index contributed by atoms with van der Waals surface area (Å²) in [4.78, 5) is 8.93. The van der Waals surface area contributed by atoms with Crippen LogP contribution in [0.4, 0.5) is 0 Å². The van der Waals surface area contributed by atoms with Crippen molar-refractivity contribution in [2.45, 2.75) is 25.3 Å². The van der Waals surface area contributed by atoms with Crippen molar-refractivity contribution in [2.75, 3.05) is 19.8 Å². The number of rotatable bonds is 4. The topological polar surface area (TPSA) is 52.0 Å². The maximum absolute atomic E-state index is 5.64. The first-order chi connectivity index (χ1) is 9.31. The first kappa shape index (κ1) is 12.6.